The molecule has 9 heteroatoms. The average Bonchev–Trinajstić information content (AvgIpc) is 2.54. The van der Waals surface area contributed by atoms with E-state index in [1.807, 2.05) is 0 Å². The van der Waals surface area contributed by atoms with Crippen LogP contribution in [0.5, 0.6) is 5.75 Å². The van der Waals surface area contributed by atoms with E-state index in [-0.39, 0.29) is 12.1 Å². The second-order valence-corrected chi connectivity index (χ2v) is 5.32. The lowest BCUT2D eigenvalue weighted by atomic mass is 10.1. The quantitative estimate of drug-likeness (QED) is 0.768. The Bertz CT molecular complexity index is 805. The third-order valence-corrected chi connectivity index (χ3v) is 3.23. The normalized spacial score (nSPS) is 11.1. The molecule has 0 atom stereocenters. The number of alkyl halides is 3. The fraction of sp³-hybridized carbons (Fsp3) is 0.176. The maximum absolute atomic E-state index is 13.2. The molecule has 0 aromatic heterocycles. The monoisotopic (exact) mass is 370 g/mol. The number of halogens is 4. The molecule has 5 nitrogen and oxygen atoms in total. The summed E-state index contributed by atoms with van der Waals surface area (Å²) in [5.41, 5.74) is 4.06. The molecule has 2 aromatic carbocycles. The summed E-state index contributed by atoms with van der Waals surface area (Å²) in [4.78, 5) is 22.6. The molecule has 138 valence electrons. The molecule has 0 heterocycles. The number of hydrogen-bond acceptors (Lipinski definition) is 3. The van der Waals surface area contributed by atoms with E-state index in [1.165, 1.54) is 12.1 Å². The molecule has 3 N–H and O–H groups in total. The number of benzene rings is 2. The van der Waals surface area contributed by atoms with E-state index in [4.69, 9.17) is 10.5 Å². The first-order chi connectivity index (χ1) is 12.1. The van der Waals surface area contributed by atoms with Crippen molar-refractivity contribution in [1.29, 1.82) is 0 Å². The van der Waals surface area contributed by atoms with Gasteiger partial charge in [-0.05, 0) is 35.9 Å². The Morgan fingerprint density at radius 2 is 1.73 bits per heavy atom. The molecule has 0 saturated heterocycles. The minimum absolute atomic E-state index is 0.0624. The summed E-state index contributed by atoms with van der Waals surface area (Å²) in [5, 5.41) is 2.20. The van der Waals surface area contributed by atoms with Gasteiger partial charge in [-0.15, -0.1) is 0 Å². The average molecular weight is 370 g/mol. The highest BCUT2D eigenvalue weighted by molar-refractivity contribution is 5.92. The Kier molecular flexibility index (Phi) is 5.81. The van der Waals surface area contributed by atoms with Gasteiger partial charge in [-0.2, -0.15) is 13.2 Å². The van der Waals surface area contributed by atoms with Gasteiger partial charge in [0.25, 0.3) is 5.91 Å². The molecule has 0 unspecified atom stereocenters. The lowest BCUT2D eigenvalue weighted by molar-refractivity contribution is -0.140. The van der Waals surface area contributed by atoms with Crippen molar-refractivity contribution in [2.45, 2.75) is 12.6 Å². The highest BCUT2D eigenvalue weighted by Gasteiger charge is 2.34. The molecule has 0 aliphatic rings. The number of hydrogen-bond donors (Lipinski definition) is 2. The number of nitrogens with one attached hydrogen (secondary N) is 1. The molecule has 0 bridgehead atoms. The van der Waals surface area contributed by atoms with Gasteiger partial charge in [-0.3, -0.25) is 9.59 Å². The molecule has 0 fully saturated rings. The third kappa shape index (κ3) is 5.47. The van der Waals surface area contributed by atoms with Crippen LogP contribution in [0.4, 0.5) is 23.2 Å². The van der Waals surface area contributed by atoms with Crippen molar-refractivity contribution >= 4 is 17.5 Å². The van der Waals surface area contributed by atoms with Crippen LogP contribution in [0, 0.1) is 5.82 Å². The van der Waals surface area contributed by atoms with Crippen LogP contribution in [0.25, 0.3) is 0 Å². The van der Waals surface area contributed by atoms with Gasteiger partial charge in [-0.1, -0.05) is 12.1 Å². The van der Waals surface area contributed by atoms with E-state index < -0.39 is 36.0 Å². The third-order valence-electron chi connectivity index (χ3n) is 3.23. The zero-order valence-corrected chi connectivity index (χ0v) is 13.3. The summed E-state index contributed by atoms with van der Waals surface area (Å²) >= 11 is 0. The second-order valence-electron chi connectivity index (χ2n) is 5.32. The number of anilines is 1. The van der Waals surface area contributed by atoms with E-state index in [9.17, 15) is 27.2 Å². The number of ether oxygens (including phenoxy) is 1. The van der Waals surface area contributed by atoms with Gasteiger partial charge in [0.05, 0.1) is 12.0 Å². The van der Waals surface area contributed by atoms with E-state index in [0.717, 1.165) is 6.07 Å². The minimum Gasteiger partial charge on any atom is -0.484 e. The first kappa shape index (κ1) is 19.2. The predicted molar refractivity (Wildman–Crippen MR) is 84.9 cm³/mol. The van der Waals surface area contributed by atoms with E-state index in [2.05, 4.69) is 5.32 Å². The first-order valence-electron chi connectivity index (χ1n) is 7.32. The van der Waals surface area contributed by atoms with Crippen LogP contribution in [0.3, 0.4) is 0 Å². The van der Waals surface area contributed by atoms with E-state index in [1.54, 1.807) is 12.1 Å². The Morgan fingerprint density at radius 3 is 2.31 bits per heavy atom. The number of carbonyl (C=O) groups excluding carboxylic acids is 2. The Balaban J connectivity index is 1.94. The van der Waals surface area contributed by atoms with Crippen LogP contribution in [0.1, 0.15) is 11.1 Å². The molecule has 0 saturated carbocycles. The van der Waals surface area contributed by atoms with Crippen molar-refractivity contribution in [2.24, 2.45) is 5.73 Å². The van der Waals surface area contributed by atoms with Crippen LogP contribution in [0.2, 0.25) is 0 Å². The minimum atomic E-state index is -4.87. The Morgan fingerprint density at radius 1 is 1.08 bits per heavy atom. The fourth-order valence-electron chi connectivity index (χ4n) is 2.07. The topological polar surface area (TPSA) is 81.4 Å². The molecular formula is C17H14F4N2O3. The van der Waals surface area contributed by atoms with Crippen molar-refractivity contribution in [1.82, 2.24) is 0 Å². The van der Waals surface area contributed by atoms with Crippen LogP contribution < -0.4 is 15.8 Å². The predicted octanol–water partition coefficient (Wildman–Crippen LogP) is 2.89. The highest BCUT2D eigenvalue weighted by atomic mass is 19.4. The van der Waals surface area contributed by atoms with Crippen LogP contribution in [0.15, 0.2) is 42.5 Å². The van der Waals surface area contributed by atoms with E-state index in [0.29, 0.717) is 23.4 Å². The summed E-state index contributed by atoms with van der Waals surface area (Å²) in [6, 6.07) is 8.36. The zero-order valence-electron chi connectivity index (χ0n) is 13.3. The van der Waals surface area contributed by atoms with Gasteiger partial charge in [0.15, 0.2) is 6.61 Å². The smallest absolute Gasteiger partial charge is 0.419 e. The number of primary amides is 1. The van der Waals surface area contributed by atoms with Crippen molar-refractivity contribution < 1.29 is 31.9 Å². The standard InChI is InChI=1S/C17H14F4N2O3/c18-14-6-3-11(8-13(14)17(19,20)21)23-16(25)9-26-12-4-1-10(2-5-12)7-15(22)24/h1-6,8H,7,9H2,(H2,22,24)(H,23,25). The SMILES string of the molecule is NC(=O)Cc1ccc(OCC(=O)Nc2ccc(F)c(C(F)(F)F)c2)cc1. The van der Waals surface area contributed by atoms with Crippen LogP contribution >= 0.6 is 0 Å². The number of carbonyl (C=O) groups is 2. The summed E-state index contributed by atoms with van der Waals surface area (Å²) < 4.78 is 56.3. The maximum Gasteiger partial charge on any atom is 0.419 e. The number of nitrogens with two attached hydrogens (primary N) is 1. The van der Waals surface area contributed by atoms with Crippen LogP contribution in [-0.2, 0) is 22.2 Å². The lowest BCUT2D eigenvalue weighted by Gasteiger charge is -2.11. The summed E-state index contributed by atoms with van der Waals surface area (Å²) in [7, 11) is 0. The van der Waals surface area contributed by atoms with Gasteiger partial charge in [0.1, 0.15) is 11.6 Å². The van der Waals surface area contributed by atoms with Gasteiger partial charge in [0.2, 0.25) is 5.91 Å². The summed E-state index contributed by atoms with van der Waals surface area (Å²) in [6.07, 6.45) is -4.80. The molecule has 0 aliphatic heterocycles. The van der Waals surface area contributed by atoms with E-state index >= 15 is 0 Å². The number of rotatable bonds is 6. The number of amides is 2. The van der Waals surface area contributed by atoms with Gasteiger partial charge < -0.3 is 15.8 Å². The zero-order chi connectivity index (χ0) is 19.3. The summed E-state index contributed by atoms with van der Waals surface area (Å²) in [5.74, 6) is -2.31. The van der Waals surface area contributed by atoms with Crippen molar-refractivity contribution in [3.05, 3.63) is 59.4 Å². The largest absolute Gasteiger partial charge is 0.484 e. The van der Waals surface area contributed by atoms with Gasteiger partial charge in [-0.25, -0.2) is 4.39 Å². The highest BCUT2D eigenvalue weighted by Crippen LogP contribution is 2.32. The molecular weight excluding hydrogens is 356 g/mol. The second kappa shape index (κ2) is 7.85. The molecule has 0 aliphatic carbocycles. The van der Waals surface area contributed by atoms with Gasteiger partial charge in [0, 0.05) is 5.69 Å². The molecule has 26 heavy (non-hydrogen) atoms. The Labute approximate surface area is 145 Å². The molecule has 0 spiro atoms. The van der Waals surface area contributed by atoms with Crippen molar-refractivity contribution in [3.63, 3.8) is 0 Å². The first-order valence-corrected chi connectivity index (χ1v) is 7.32. The molecule has 2 amide bonds. The maximum atomic E-state index is 13.2. The molecule has 2 aromatic rings. The van der Waals surface area contributed by atoms with Crippen LogP contribution in [-0.4, -0.2) is 18.4 Å². The summed E-state index contributed by atoms with van der Waals surface area (Å²) in [6.45, 7) is -0.464. The molecule has 0 radical (unpaired) electrons. The van der Waals surface area contributed by atoms with Crippen molar-refractivity contribution in [2.75, 3.05) is 11.9 Å². The lowest BCUT2D eigenvalue weighted by Crippen LogP contribution is -2.20. The fourth-order valence-corrected chi connectivity index (χ4v) is 2.07. The van der Waals surface area contributed by atoms with Crippen molar-refractivity contribution in [3.8, 4) is 5.75 Å². The van der Waals surface area contributed by atoms with Gasteiger partial charge >= 0.3 is 6.18 Å². The molecule has 2 rings (SSSR count). The Hall–Kier alpha value is -3.10.